The number of aryl methyl sites for hydroxylation is 2. The maximum Gasteiger partial charge on any atom is 0.368 e. The molecule has 31 heavy (non-hydrogen) atoms. The van der Waals surface area contributed by atoms with Crippen molar-refractivity contribution in [3.63, 3.8) is 0 Å². The van der Waals surface area contributed by atoms with E-state index in [-0.39, 0.29) is 19.6 Å². The van der Waals surface area contributed by atoms with Crippen molar-refractivity contribution in [1.82, 2.24) is 0 Å². The molecule has 2 N–H and O–H groups in total. The van der Waals surface area contributed by atoms with E-state index in [4.69, 9.17) is 14.2 Å². The lowest BCUT2D eigenvalue weighted by atomic mass is 9.95. The van der Waals surface area contributed by atoms with Gasteiger partial charge in [0, 0.05) is 7.11 Å². The van der Waals surface area contributed by atoms with Crippen molar-refractivity contribution in [3.8, 4) is 11.5 Å². The van der Waals surface area contributed by atoms with Crippen LogP contribution in [0.1, 0.15) is 59.3 Å². The van der Waals surface area contributed by atoms with Crippen LogP contribution in [0, 0.1) is 13.8 Å². The lowest BCUT2D eigenvalue weighted by Gasteiger charge is -2.33. The maximum atomic E-state index is 12.1. The number of methoxy groups -OCH3 is 1. The summed E-state index contributed by atoms with van der Waals surface area (Å²) in [6, 6.07) is 9.03. The Bertz CT molecular complexity index is 937. The fourth-order valence-electron chi connectivity index (χ4n) is 3.63. The van der Waals surface area contributed by atoms with Crippen LogP contribution in [-0.2, 0) is 15.7 Å². The predicted octanol–water partition coefficient (Wildman–Crippen LogP) is 4.76. The van der Waals surface area contributed by atoms with Crippen LogP contribution in [-0.4, -0.2) is 35.3 Å². The number of carbonyl (C=O) groups excluding carboxylic acids is 1. The van der Waals surface area contributed by atoms with Gasteiger partial charge in [0.25, 0.3) is 0 Å². The van der Waals surface area contributed by atoms with Crippen LogP contribution in [0.4, 0.5) is 0 Å². The first kappa shape index (κ1) is 25.1. The second-order valence-corrected chi connectivity index (χ2v) is 9.46. The van der Waals surface area contributed by atoms with Crippen LogP contribution in [0.15, 0.2) is 30.3 Å². The van der Waals surface area contributed by atoms with Gasteiger partial charge in [-0.15, -0.1) is 0 Å². The van der Waals surface area contributed by atoms with Crippen molar-refractivity contribution in [2.75, 3.05) is 13.9 Å². The molecule has 8 heteroatoms. The molecule has 0 amide bonds. The van der Waals surface area contributed by atoms with Gasteiger partial charge in [0.1, 0.15) is 11.5 Å². The van der Waals surface area contributed by atoms with Gasteiger partial charge in [0.2, 0.25) is 5.34 Å². The Morgan fingerprint density at radius 3 is 2.16 bits per heavy atom. The van der Waals surface area contributed by atoms with E-state index in [1.165, 1.54) is 7.11 Å². The van der Waals surface area contributed by atoms with E-state index in [1.807, 2.05) is 19.9 Å². The zero-order valence-corrected chi connectivity index (χ0v) is 19.6. The molecule has 0 saturated carbocycles. The summed E-state index contributed by atoms with van der Waals surface area (Å²) in [5, 5.41) is -1.54. The third-order valence-corrected chi connectivity index (χ3v) is 7.31. The van der Waals surface area contributed by atoms with E-state index < -0.39 is 12.9 Å². The van der Waals surface area contributed by atoms with Gasteiger partial charge in [-0.05, 0) is 79.6 Å². The maximum absolute atomic E-state index is 12.1. The topological polar surface area (TPSA) is 102 Å². The van der Waals surface area contributed by atoms with Gasteiger partial charge in [0.05, 0.1) is 5.56 Å². The van der Waals surface area contributed by atoms with Gasteiger partial charge in [-0.2, -0.15) is 0 Å². The van der Waals surface area contributed by atoms with Crippen molar-refractivity contribution in [1.29, 1.82) is 0 Å². The summed E-state index contributed by atoms with van der Waals surface area (Å²) in [5.74, 6) is 0.897. The summed E-state index contributed by atoms with van der Waals surface area (Å²) in [6.07, 6.45) is 1.73. The molecule has 0 aliphatic rings. The number of hydrogen-bond donors (Lipinski definition) is 2. The van der Waals surface area contributed by atoms with Gasteiger partial charge in [0.15, 0.2) is 13.1 Å². The first-order valence-corrected chi connectivity index (χ1v) is 11.8. The summed E-state index contributed by atoms with van der Waals surface area (Å²) in [6.45, 7) is 7.35. The highest BCUT2D eigenvalue weighted by atomic mass is 31.2. The molecule has 0 aliphatic heterocycles. The molecule has 0 fully saturated rings. The Kier molecular flexibility index (Phi) is 8.43. The zero-order chi connectivity index (χ0) is 23.2. The minimum Gasteiger partial charge on any atom is -0.475 e. The SMILES string of the molecule is CCC(CC)(Oc1cc(C)c(Cc2ccc(OCOC)c(C=O)c2)c(C)c1)P(=O)(O)O. The molecule has 0 heterocycles. The fraction of sp³-hybridized carbons (Fsp3) is 0.435. The highest BCUT2D eigenvalue weighted by Gasteiger charge is 2.46. The van der Waals surface area contributed by atoms with Crippen LogP contribution in [0.25, 0.3) is 0 Å². The molecule has 2 aromatic carbocycles. The summed E-state index contributed by atoms with van der Waals surface area (Å²) in [7, 11) is -2.95. The molecule has 2 aromatic rings. The Morgan fingerprint density at radius 2 is 1.68 bits per heavy atom. The number of carbonyl (C=O) groups is 1. The smallest absolute Gasteiger partial charge is 0.368 e. The standard InChI is InChI=1S/C23H31O7P/c1-6-23(7-2,31(25,26)27)30-20-10-16(3)21(17(4)11-20)13-18-8-9-22(29-15-28-5)19(12-18)14-24/h8-12,14H,6-7,13,15H2,1-5H3,(H2,25,26,27). The summed E-state index contributed by atoms with van der Waals surface area (Å²) < 4.78 is 28.3. The molecule has 7 nitrogen and oxygen atoms in total. The first-order chi connectivity index (χ1) is 14.6. The van der Waals surface area contributed by atoms with Crippen molar-refractivity contribution in [2.45, 2.75) is 52.3 Å². The Balaban J connectivity index is 2.33. The summed E-state index contributed by atoms with van der Waals surface area (Å²) >= 11 is 0. The van der Waals surface area contributed by atoms with Crippen LogP contribution >= 0.6 is 7.60 Å². The number of aldehydes is 1. The minimum atomic E-state index is -4.47. The van der Waals surface area contributed by atoms with Gasteiger partial charge in [-0.1, -0.05) is 19.9 Å². The van der Waals surface area contributed by atoms with Gasteiger partial charge in [-0.3, -0.25) is 9.36 Å². The predicted molar refractivity (Wildman–Crippen MR) is 119 cm³/mol. The quantitative estimate of drug-likeness (QED) is 0.289. The van der Waals surface area contributed by atoms with E-state index in [0.29, 0.717) is 23.5 Å². The molecular formula is C23H31O7P. The summed E-state index contributed by atoms with van der Waals surface area (Å²) in [5.41, 5.74) is 4.33. The Labute approximate surface area is 183 Å². The zero-order valence-electron chi connectivity index (χ0n) is 18.7. The molecule has 0 saturated heterocycles. The van der Waals surface area contributed by atoms with Gasteiger partial charge in [-0.25, -0.2) is 0 Å². The number of rotatable bonds is 11. The van der Waals surface area contributed by atoms with Crippen LogP contribution < -0.4 is 9.47 Å². The van der Waals surface area contributed by atoms with E-state index in [2.05, 4.69) is 0 Å². The Hall–Kier alpha value is -2.18. The third-order valence-electron chi connectivity index (χ3n) is 5.53. The number of benzene rings is 2. The first-order valence-electron chi connectivity index (χ1n) is 10.1. The van der Waals surface area contributed by atoms with Gasteiger partial charge < -0.3 is 24.0 Å². The largest absolute Gasteiger partial charge is 0.475 e. The van der Waals surface area contributed by atoms with Crippen molar-refractivity contribution >= 4 is 13.9 Å². The van der Waals surface area contributed by atoms with Crippen molar-refractivity contribution in [2.24, 2.45) is 0 Å². The van der Waals surface area contributed by atoms with E-state index in [1.54, 1.807) is 38.1 Å². The average Bonchev–Trinajstić information content (AvgIpc) is 2.72. The van der Waals surface area contributed by atoms with Crippen LogP contribution in [0.2, 0.25) is 0 Å². The molecule has 0 aliphatic carbocycles. The monoisotopic (exact) mass is 450 g/mol. The molecule has 0 atom stereocenters. The van der Waals surface area contributed by atoms with Crippen LogP contribution in [0.3, 0.4) is 0 Å². The minimum absolute atomic E-state index is 0.0610. The van der Waals surface area contributed by atoms with Crippen molar-refractivity contribution < 1.29 is 33.4 Å². The lowest BCUT2D eigenvalue weighted by Crippen LogP contribution is -2.34. The second kappa shape index (κ2) is 10.4. The van der Waals surface area contributed by atoms with Gasteiger partial charge >= 0.3 is 7.60 Å². The molecule has 0 radical (unpaired) electrons. The third kappa shape index (κ3) is 5.74. The average molecular weight is 450 g/mol. The molecule has 2 rings (SSSR count). The highest BCUT2D eigenvalue weighted by Crippen LogP contribution is 2.55. The number of hydrogen-bond acceptors (Lipinski definition) is 5. The molecular weight excluding hydrogens is 419 g/mol. The molecule has 170 valence electrons. The highest BCUT2D eigenvalue weighted by molar-refractivity contribution is 7.53. The Morgan fingerprint density at radius 1 is 1.06 bits per heavy atom. The second-order valence-electron chi connectivity index (χ2n) is 7.55. The molecule has 0 spiro atoms. The molecule has 0 aromatic heterocycles. The number of ether oxygens (including phenoxy) is 3. The van der Waals surface area contributed by atoms with E-state index in [9.17, 15) is 19.1 Å². The fourth-order valence-corrected chi connectivity index (χ4v) is 4.68. The lowest BCUT2D eigenvalue weighted by molar-refractivity contribution is 0.0505. The van der Waals surface area contributed by atoms with E-state index >= 15 is 0 Å². The normalized spacial score (nSPS) is 12.0. The van der Waals surface area contributed by atoms with E-state index in [0.717, 1.165) is 28.5 Å². The molecule has 0 bridgehead atoms. The summed E-state index contributed by atoms with van der Waals surface area (Å²) in [4.78, 5) is 31.1. The molecule has 0 unspecified atom stereocenters. The van der Waals surface area contributed by atoms with Crippen LogP contribution in [0.5, 0.6) is 11.5 Å². The van der Waals surface area contributed by atoms with Crippen molar-refractivity contribution in [3.05, 3.63) is 58.1 Å².